The normalized spacial score (nSPS) is 14.0. The van der Waals surface area contributed by atoms with Crippen molar-refractivity contribution in [2.75, 3.05) is 19.8 Å². The van der Waals surface area contributed by atoms with E-state index in [4.69, 9.17) is 19.4 Å². The number of hydrogen-bond acceptors (Lipinski definition) is 7. The lowest BCUT2D eigenvalue weighted by Gasteiger charge is -2.39. The highest BCUT2D eigenvalue weighted by atomic mass is 31.2. The molecule has 0 aliphatic rings. The second-order valence-electron chi connectivity index (χ2n) is 16.0. The highest BCUT2D eigenvalue weighted by molar-refractivity contribution is 7.38. The Morgan fingerprint density at radius 2 is 0.814 bits per heavy atom. The van der Waals surface area contributed by atoms with Crippen molar-refractivity contribution in [3.63, 3.8) is 0 Å². The monoisotopic (exact) mass is 622 g/mol. The molecule has 0 saturated heterocycles. The van der Waals surface area contributed by atoms with E-state index in [-0.39, 0.29) is 21.7 Å². The molecule has 0 aliphatic heterocycles. The fourth-order valence-electron chi connectivity index (χ4n) is 5.84. The molecule has 8 heteroatoms. The van der Waals surface area contributed by atoms with Gasteiger partial charge in [-0.2, -0.15) is 0 Å². The molecule has 246 valence electrons. The van der Waals surface area contributed by atoms with Gasteiger partial charge >= 0.3 is 8.60 Å². The second kappa shape index (κ2) is 14.2. The van der Waals surface area contributed by atoms with E-state index in [1.807, 2.05) is 0 Å². The SMILES string of the molecule is Cc1c(C(C)(C)C)cc(OC(c2cc(C(C)(C)C)c(C)c(C(C)(C)C)c2)C(CO)(CO)CO)cc1C(C)(C)C.OP(O)O. The van der Waals surface area contributed by atoms with Crippen LogP contribution in [-0.4, -0.2) is 49.8 Å². The zero-order valence-electron chi connectivity index (χ0n) is 29.0. The van der Waals surface area contributed by atoms with Crippen molar-refractivity contribution in [3.05, 3.63) is 63.2 Å². The summed E-state index contributed by atoms with van der Waals surface area (Å²) in [5.41, 5.74) is 6.34. The van der Waals surface area contributed by atoms with E-state index < -0.39 is 39.9 Å². The molecule has 0 spiro atoms. The maximum absolute atomic E-state index is 10.6. The molecule has 0 aromatic heterocycles. The van der Waals surface area contributed by atoms with Crippen molar-refractivity contribution in [2.24, 2.45) is 5.41 Å². The quantitative estimate of drug-likeness (QED) is 0.188. The third-order valence-corrected chi connectivity index (χ3v) is 8.10. The van der Waals surface area contributed by atoms with Crippen LogP contribution in [0.2, 0.25) is 0 Å². The average Bonchev–Trinajstić information content (AvgIpc) is 2.82. The minimum absolute atomic E-state index is 0.107. The summed E-state index contributed by atoms with van der Waals surface area (Å²) < 4.78 is 6.86. The van der Waals surface area contributed by atoms with Gasteiger partial charge in [0.2, 0.25) is 0 Å². The number of aliphatic hydroxyl groups excluding tert-OH is 3. The van der Waals surface area contributed by atoms with Crippen LogP contribution >= 0.6 is 8.60 Å². The van der Waals surface area contributed by atoms with E-state index in [1.54, 1.807) is 0 Å². The first-order chi connectivity index (χ1) is 19.3. The van der Waals surface area contributed by atoms with E-state index in [0.29, 0.717) is 5.75 Å². The molecule has 2 rings (SSSR count). The predicted molar refractivity (Wildman–Crippen MR) is 178 cm³/mol. The first-order valence-corrected chi connectivity index (χ1v) is 16.1. The Labute approximate surface area is 262 Å². The first-order valence-electron chi connectivity index (χ1n) is 14.9. The highest BCUT2D eigenvalue weighted by Gasteiger charge is 2.42. The molecule has 0 fully saturated rings. The van der Waals surface area contributed by atoms with Crippen molar-refractivity contribution >= 4 is 8.60 Å². The van der Waals surface area contributed by atoms with Crippen LogP contribution in [0.4, 0.5) is 0 Å². The van der Waals surface area contributed by atoms with Crippen molar-refractivity contribution in [1.82, 2.24) is 0 Å². The Morgan fingerprint density at radius 1 is 0.558 bits per heavy atom. The Bertz CT molecular complexity index is 1120. The number of benzene rings is 2. The summed E-state index contributed by atoms with van der Waals surface area (Å²) >= 11 is 0. The summed E-state index contributed by atoms with van der Waals surface area (Å²) in [5.74, 6) is 0.676. The van der Waals surface area contributed by atoms with Gasteiger partial charge in [-0.15, -0.1) is 0 Å². The zero-order valence-corrected chi connectivity index (χ0v) is 29.9. The van der Waals surface area contributed by atoms with Gasteiger partial charge in [-0.1, -0.05) is 95.2 Å². The van der Waals surface area contributed by atoms with E-state index in [2.05, 4.69) is 121 Å². The van der Waals surface area contributed by atoms with Gasteiger partial charge in [0.15, 0.2) is 0 Å². The van der Waals surface area contributed by atoms with Crippen LogP contribution in [0.5, 0.6) is 5.75 Å². The third-order valence-electron chi connectivity index (χ3n) is 8.10. The van der Waals surface area contributed by atoms with Gasteiger partial charge in [0.1, 0.15) is 11.9 Å². The number of ether oxygens (including phenoxy) is 1. The molecule has 1 atom stereocenters. The van der Waals surface area contributed by atoms with Gasteiger partial charge in [-0.05, 0) is 86.6 Å². The molecule has 0 heterocycles. The van der Waals surface area contributed by atoms with E-state index in [0.717, 1.165) is 5.56 Å². The fourth-order valence-corrected chi connectivity index (χ4v) is 5.84. The van der Waals surface area contributed by atoms with Crippen LogP contribution in [0.25, 0.3) is 0 Å². The molecule has 0 bridgehead atoms. The number of aliphatic hydroxyl groups is 3. The van der Waals surface area contributed by atoms with Crippen molar-refractivity contribution in [3.8, 4) is 5.75 Å². The molecule has 2 aromatic rings. The summed E-state index contributed by atoms with van der Waals surface area (Å²) in [4.78, 5) is 21.7. The number of rotatable bonds is 7. The van der Waals surface area contributed by atoms with Crippen molar-refractivity contribution in [1.29, 1.82) is 0 Å². The Kier molecular flexibility index (Phi) is 13.1. The molecular weight excluding hydrogens is 563 g/mol. The molecule has 2 aromatic carbocycles. The number of hydrogen-bond donors (Lipinski definition) is 6. The second-order valence-corrected chi connectivity index (χ2v) is 16.5. The molecule has 6 N–H and O–H groups in total. The molecule has 0 aliphatic carbocycles. The Morgan fingerprint density at radius 3 is 1.05 bits per heavy atom. The maximum atomic E-state index is 10.6. The third kappa shape index (κ3) is 9.96. The van der Waals surface area contributed by atoms with Crippen molar-refractivity contribution < 1.29 is 34.7 Å². The first kappa shape index (κ1) is 39.5. The molecule has 1 unspecified atom stereocenters. The van der Waals surface area contributed by atoms with Crippen LogP contribution in [-0.2, 0) is 21.7 Å². The minimum Gasteiger partial charge on any atom is -0.485 e. The standard InChI is InChI=1S/C35H56O4.H3O3P/c1-22-26(31(3,4)5)15-24(16-27(22)32(6,7)8)30(35(19-36,20-37)21-38)39-25-17-28(33(9,10)11)23(2)29(18-25)34(12,13)14;1-4(2)3/h15-18,30,36-38H,19-21H2,1-14H3;1-3H. The van der Waals surface area contributed by atoms with Crippen LogP contribution in [0.1, 0.15) is 128 Å². The van der Waals surface area contributed by atoms with Gasteiger partial charge in [-0.25, -0.2) is 0 Å². The molecule has 43 heavy (non-hydrogen) atoms. The summed E-state index contributed by atoms with van der Waals surface area (Å²) in [7, 11) is -2.62. The average molecular weight is 623 g/mol. The van der Waals surface area contributed by atoms with Crippen LogP contribution < -0.4 is 4.74 Å². The minimum atomic E-state index is -2.62. The fraction of sp³-hybridized carbons (Fsp3) is 0.657. The summed E-state index contributed by atoms with van der Waals surface area (Å²) in [5, 5.41) is 31.8. The summed E-state index contributed by atoms with van der Waals surface area (Å²) in [6, 6.07) is 8.49. The summed E-state index contributed by atoms with van der Waals surface area (Å²) in [6.07, 6.45) is -0.774. The molecular formula is C35H59O7P. The van der Waals surface area contributed by atoms with Crippen molar-refractivity contribution in [2.45, 2.75) is 125 Å². The molecule has 7 nitrogen and oxygen atoms in total. The van der Waals surface area contributed by atoms with Crippen LogP contribution in [0.15, 0.2) is 24.3 Å². The molecule has 0 saturated carbocycles. The summed E-state index contributed by atoms with van der Waals surface area (Å²) in [6.45, 7) is 29.5. The lowest BCUT2D eigenvalue weighted by atomic mass is 9.72. The maximum Gasteiger partial charge on any atom is 0.324 e. The van der Waals surface area contributed by atoms with Gasteiger partial charge in [0.25, 0.3) is 0 Å². The topological polar surface area (TPSA) is 131 Å². The van der Waals surface area contributed by atoms with Gasteiger partial charge in [0, 0.05) is 0 Å². The van der Waals surface area contributed by atoms with Gasteiger partial charge in [-0.3, -0.25) is 0 Å². The molecule has 0 amide bonds. The van der Waals surface area contributed by atoms with Gasteiger partial charge in [0.05, 0.1) is 25.2 Å². The van der Waals surface area contributed by atoms with Crippen LogP contribution in [0, 0.1) is 19.3 Å². The van der Waals surface area contributed by atoms with Gasteiger partial charge < -0.3 is 34.7 Å². The van der Waals surface area contributed by atoms with E-state index >= 15 is 0 Å². The van der Waals surface area contributed by atoms with E-state index in [9.17, 15) is 15.3 Å². The molecule has 0 radical (unpaired) electrons. The zero-order chi connectivity index (χ0) is 33.9. The lowest BCUT2D eigenvalue weighted by Crippen LogP contribution is -2.43. The smallest absolute Gasteiger partial charge is 0.324 e. The largest absolute Gasteiger partial charge is 0.485 e. The lowest BCUT2D eigenvalue weighted by molar-refractivity contribution is -0.0744. The highest BCUT2D eigenvalue weighted by Crippen LogP contribution is 2.44. The van der Waals surface area contributed by atoms with E-state index in [1.165, 1.54) is 33.4 Å². The Balaban J connectivity index is 0.00000217. The predicted octanol–water partition coefficient (Wildman–Crippen LogP) is 6.77. The van der Waals surface area contributed by atoms with Crippen LogP contribution in [0.3, 0.4) is 0 Å². The Hall–Kier alpha value is -1.57.